The zero-order valence-electron chi connectivity index (χ0n) is 7.33. The largest absolute Gasteiger partial charge is 0.269 e. The zero-order chi connectivity index (χ0) is 8.06. The smallest absolute Gasteiger partial charge is 0.0492 e. The van der Waals surface area contributed by atoms with E-state index in [-0.39, 0.29) is 0 Å². The Bertz CT molecular complexity index is 273. The Kier molecular flexibility index (Phi) is 1.17. The Morgan fingerprint density at radius 1 is 1.64 bits per heavy atom. The second-order valence-electron chi connectivity index (χ2n) is 4.12. The van der Waals surface area contributed by atoms with Gasteiger partial charge in [0.2, 0.25) is 0 Å². The highest BCUT2D eigenvalue weighted by Gasteiger charge is 2.36. The van der Waals surface area contributed by atoms with Crippen LogP contribution in [0.15, 0.2) is 12.3 Å². The zero-order valence-corrected chi connectivity index (χ0v) is 7.33. The van der Waals surface area contributed by atoms with E-state index in [0.29, 0.717) is 11.3 Å². The van der Waals surface area contributed by atoms with Crippen LogP contribution in [-0.2, 0) is 6.54 Å². The topological polar surface area (TPSA) is 17.8 Å². The molecule has 1 aliphatic rings. The number of hydrogen-bond acceptors (Lipinski definition) is 1. The Labute approximate surface area is 67.2 Å². The summed E-state index contributed by atoms with van der Waals surface area (Å²) in [6.07, 6.45) is 1.89. The molecule has 2 rings (SSSR count). The Balaban J connectivity index is 2.45. The van der Waals surface area contributed by atoms with E-state index in [4.69, 9.17) is 0 Å². The lowest BCUT2D eigenvalue weighted by molar-refractivity contribution is 0.301. The Morgan fingerprint density at radius 2 is 2.36 bits per heavy atom. The highest BCUT2D eigenvalue weighted by Crippen LogP contribution is 2.41. The van der Waals surface area contributed by atoms with Crippen molar-refractivity contribution < 1.29 is 0 Å². The lowest BCUT2D eigenvalue weighted by atomic mass is 9.81. The fourth-order valence-electron chi connectivity index (χ4n) is 1.77. The van der Waals surface area contributed by atoms with Gasteiger partial charge in [-0.1, -0.05) is 20.8 Å². The van der Waals surface area contributed by atoms with Gasteiger partial charge in [-0.3, -0.25) is 4.68 Å². The van der Waals surface area contributed by atoms with Crippen LogP contribution in [0.25, 0.3) is 0 Å². The molecule has 0 amide bonds. The van der Waals surface area contributed by atoms with Gasteiger partial charge in [-0.2, -0.15) is 5.10 Å². The number of rotatable bonds is 0. The minimum absolute atomic E-state index is 0.392. The molecule has 1 aliphatic heterocycles. The summed E-state index contributed by atoms with van der Waals surface area (Å²) in [5.74, 6) is 0.644. The van der Waals surface area contributed by atoms with Crippen LogP contribution in [0, 0.1) is 5.41 Å². The van der Waals surface area contributed by atoms with Crippen molar-refractivity contribution in [2.75, 3.05) is 0 Å². The Morgan fingerprint density at radius 3 is 3.00 bits per heavy atom. The van der Waals surface area contributed by atoms with Crippen molar-refractivity contribution in [2.24, 2.45) is 5.41 Å². The first-order chi connectivity index (χ1) is 5.11. The van der Waals surface area contributed by atoms with E-state index in [0.717, 1.165) is 6.54 Å². The molecule has 0 spiro atoms. The summed E-state index contributed by atoms with van der Waals surface area (Å²) in [6, 6.07) is 2.12. The standard InChI is InChI=1S/C9H14N2/c1-7-8-4-5-10-11(8)6-9(7,2)3/h4-5,7H,6H2,1-3H3. The lowest BCUT2D eigenvalue weighted by Crippen LogP contribution is -2.16. The van der Waals surface area contributed by atoms with E-state index in [9.17, 15) is 0 Å². The molecule has 1 aromatic heterocycles. The molecular formula is C9H14N2. The molecule has 2 heteroatoms. The molecule has 2 nitrogen and oxygen atoms in total. The van der Waals surface area contributed by atoms with Gasteiger partial charge >= 0.3 is 0 Å². The summed E-state index contributed by atoms with van der Waals surface area (Å²) in [7, 11) is 0. The first-order valence-corrected chi connectivity index (χ1v) is 4.13. The molecule has 0 aromatic carbocycles. The van der Waals surface area contributed by atoms with Gasteiger partial charge in [0.05, 0.1) is 0 Å². The van der Waals surface area contributed by atoms with Crippen LogP contribution in [0.3, 0.4) is 0 Å². The third-order valence-electron chi connectivity index (χ3n) is 2.92. The fourth-order valence-corrected chi connectivity index (χ4v) is 1.77. The third kappa shape index (κ3) is 0.817. The van der Waals surface area contributed by atoms with Gasteiger partial charge in [0, 0.05) is 24.4 Å². The average Bonchev–Trinajstić information content (AvgIpc) is 2.39. The van der Waals surface area contributed by atoms with Crippen LogP contribution in [0.5, 0.6) is 0 Å². The maximum atomic E-state index is 4.26. The van der Waals surface area contributed by atoms with Crippen molar-refractivity contribution in [3.8, 4) is 0 Å². The number of aromatic nitrogens is 2. The van der Waals surface area contributed by atoms with Crippen LogP contribution in [0.4, 0.5) is 0 Å². The lowest BCUT2D eigenvalue weighted by Gasteiger charge is -2.21. The van der Waals surface area contributed by atoms with Crippen molar-refractivity contribution in [3.05, 3.63) is 18.0 Å². The monoisotopic (exact) mass is 150 g/mol. The van der Waals surface area contributed by atoms with Crippen molar-refractivity contribution >= 4 is 0 Å². The van der Waals surface area contributed by atoms with Crippen molar-refractivity contribution in [1.29, 1.82) is 0 Å². The highest BCUT2D eigenvalue weighted by atomic mass is 15.3. The summed E-state index contributed by atoms with van der Waals surface area (Å²) >= 11 is 0. The summed E-state index contributed by atoms with van der Waals surface area (Å²) < 4.78 is 2.12. The second kappa shape index (κ2) is 1.87. The highest BCUT2D eigenvalue weighted by molar-refractivity contribution is 5.15. The van der Waals surface area contributed by atoms with Crippen molar-refractivity contribution in [1.82, 2.24) is 9.78 Å². The van der Waals surface area contributed by atoms with Gasteiger partial charge in [-0.25, -0.2) is 0 Å². The molecule has 0 fully saturated rings. The SMILES string of the molecule is CC1c2ccnn2CC1(C)C. The third-order valence-corrected chi connectivity index (χ3v) is 2.92. The molecular weight excluding hydrogens is 136 g/mol. The molecule has 11 heavy (non-hydrogen) atoms. The molecule has 0 radical (unpaired) electrons. The van der Waals surface area contributed by atoms with Crippen molar-refractivity contribution in [3.63, 3.8) is 0 Å². The van der Waals surface area contributed by atoms with E-state index in [1.54, 1.807) is 0 Å². The predicted molar refractivity (Wildman–Crippen MR) is 44.4 cm³/mol. The van der Waals surface area contributed by atoms with Gasteiger partial charge in [0.1, 0.15) is 0 Å². The minimum Gasteiger partial charge on any atom is -0.269 e. The molecule has 0 aliphatic carbocycles. The van der Waals surface area contributed by atoms with E-state index >= 15 is 0 Å². The molecule has 2 heterocycles. The quantitative estimate of drug-likeness (QED) is 0.553. The van der Waals surface area contributed by atoms with Crippen LogP contribution < -0.4 is 0 Å². The van der Waals surface area contributed by atoms with E-state index in [1.165, 1.54) is 5.69 Å². The fraction of sp³-hybridized carbons (Fsp3) is 0.667. The summed E-state index contributed by atoms with van der Waals surface area (Å²) in [6.45, 7) is 7.94. The van der Waals surface area contributed by atoms with Crippen LogP contribution >= 0.6 is 0 Å². The van der Waals surface area contributed by atoms with E-state index < -0.39 is 0 Å². The maximum absolute atomic E-state index is 4.26. The summed E-state index contributed by atoms with van der Waals surface area (Å²) in [5.41, 5.74) is 1.78. The molecule has 1 aromatic rings. The molecule has 1 atom stereocenters. The number of nitrogens with zero attached hydrogens (tertiary/aromatic N) is 2. The molecule has 0 saturated heterocycles. The summed E-state index contributed by atoms with van der Waals surface area (Å²) in [5, 5.41) is 4.26. The average molecular weight is 150 g/mol. The second-order valence-corrected chi connectivity index (χ2v) is 4.12. The van der Waals surface area contributed by atoms with Gasteiger partial charge in [0.25, 0.3) is 0 Å². The normalized spacial score (nSPS) is 27.0. The molecule has 1 unspecified atom stereocenters. The summed E-state index contributed by atoms with van der Waals surface area (Å²) in [4.78, 5) is 0. The van der Waals surface area contributed by atoms with Gasteiger partial charge in [-0.15, -0.1) is 0 Å². The van der Waals surface area contributed by atoms with Crippen LogP contribution in [-0.4, -0.2) is 9.78 Å². The first-order valence-electron chi connectivity index (χ1n) is 4.13. The first kappa shape index (κ1) is 6.89. The van der Waals surface area contributed by atoms with Gasteiger partial charge in [-0.05, 0) is 11.5 Å². The predicted octanol–water partition coefficient (Wildman–Crippen LogP) is 2.03. The van der Waals surface area contributed by atoms with E-state index in [2.05, 4.69) is 36.6 Å². The van der Waals surface area contributed by atoms with Gasteiger partial charge < -0.3 is 0 Å². The molecule has 60 valence electrons. The molecule has 0 saturated carbocycles. The number of fused-ring (bicyclic) bond motifs is 1. The van der Waals surface area contributed by atoms with Crippen molar-refractivity contribution in [2.45, 2.75) is 33.2 Å². The van der Waals surface area contributed by atoms with Crippen LogP contribution in [0.1, 0.15) is 32.4 Å². The van der Waals surface area contributed by atoms with E-state index in [1.807, 2.05) is 6.20 Å². The van der Waals surface area contributed by atoms with Crippen LogP contribution in [0.2, 0.25) is 0 Å². The minimum atomic E-state index is 0.392. The molecule has 0 N–H and O–H groups in total. The maximum Gasteiger partial charge on any atom is 0.0492 e. The number of hydrogen-bond donors (Lipinski definition) is 0. The Hall–Kier alpha value is -0.790. The van der Waals surface area contributed by atoms with Gasteiger partial charge in [0.15, 0.2) is 0 Å². The molecule has 0 bridgehead atoms.